The fourth-order valence-electron chi connectivity index (χ4n) is 3.87. The van der Waals surface area contributed by atoms with Crippen LogP contribution in [0.3, 0.4) is 0 Å². The van der Waals surface area contributed by atoms with E-state index in [1.807, 2.05) is 6.08 Å². The average Bonchev–Trinajstić information content (AvgIpc) is 2.98. The first-order chi connectivity index (χ1) is 14.2. The second kappa shape index (κ2) is 17.5. The van der Waals surface area contributed by atoms with Gasteiger partial charge in [0, 0.05) is 0 Å². The molecule has 4 heteroatoms. The molecule has 168 valence electrons. The van der Waals surface area contributed by atoms with E-state index >= 15 is 0 Å². The van der Waals surface area contributed by atoms with E-state index in [1.54, 1.807) is 0 Å². The summed E-state index contributed by atoms with van der Waals surface area (Å²) in [7, 11) is 0. The standard InChI is InChI=1S/C25H44O4/c1-3-5-7-9-11-16-20-28-24(26)22-18-14-13-15-19-23(22)25(27)29-21-17-12-10-8-6-4-2/h13-14,22-23H,3-12,15-21H2,1-2H3. The molecule has 0 N–H and O–H groups in total. The summed E-state index contributed by atoms with van der Waals surface area (Å²) in [6.45, 7) is 5.34. The highest BCUT2D eigenvalue weighted by atomic mass is 16.5. The van der Waals surface area contributed by atoms with Crippen molar-refractivity contribution in [1.82, 2.24) is 0 Å². The first-order valence-electron chi connectivity index (χ1n) is 12.2. The van der Waals surface area contributed by atoms with Crippen LogP contribution in [0.15, 0.2) is 12.2 Å². The molecule has 2 unspecified atom stereocenters. The van der Waals surface area contributed by atoms with Crippen LogP contribution in [0.1, 0.15) is 110 Å². The Morgan fingerprint density at radius 3 is 1.72 bits per heavy atom. The molecule has 0 aromatic rings. The summed E-state index contributed by atoms with van der Waals surface area (Å²) in [6.07, 6.45) is 20.1. The molecule has 0 heterocycles. The molecule has 29 heavy (non-hydrogen) atoms. The molecule has 0 fully saturated rings. The predicted octanol–water partition coefficient (Wildman–Crippen LogP) is 6.77. The highest BCUT2D eigenvalue weighted by molar-refractivity contribution is 5.82. The SMILES string of the molecule is CCCCCCCCOC(=O)C1CC=CCCC1C(=O)OCCCCCCCC. The summed E-state index contributed by atoms with van der Waals surface area (Å²) in [5.41, 5.74) is 0. The molecule has 0 radical (unpaired) electrons. The van der Waals surface area contributed by atoms with Crippen LogP contribution < -0.4 is 0 Å². The third-order valence-electron chi connectivity index (χ3n) is 5.78. The molecule has 0 spiro atoms. The van der Waals surface area contributed by atoms with Crippen molar-refractivity contribution < 1.29 is 19.1 Å². The molecule has 0 aliphatic heterocycles. The van der Waals surface area contributed by atoms with Gasteiger partial charge in [-0.15, -0.1) is 0 Å². The monoisotopic (exact) mass is 408 g/mol. The van der Waals surface area contributed by atoms with E-state index in [2.05, 4.69) is 19.9 Å². The van der Waals surface area contributed by atoms with Gasteiger partial charge in [-0.25, -0.2) is 0 Å². The van der Waals surface area contributed by atoms with Crippen LogP contribution in [0.5, 0.6) is 0 Å². The van der Waals surface area contributed by atoms with E-state index in [4.69, 9.17) is 9.47 Å². The van der Waals surface area contributed by atoms with E-state index in [1.165, 1.54) is 51.4 Å². The Hall–Kier alpha value is -1.32. The van der Waals surface area contributed by atoms with Gasteiger partial charge in [-0.2, -0.15) is 0 Å². The van der Waals surface area contributed by atoms with Crippen LogP contribution in [0.4, 0.5) is 0 Å². The molecule has 1 rings (SSSR count). The molecular formula is C25H44O4. The molecule has 0 amide bonds. The molecule has 0 saturated heterocycles. The largest absolute Gasteiger partial charge is 0.465 e. The minimum Gasteiger partial charge on any atom is -0.465 e. The Balaban J connectivity index is 2.32. The van der Waals surface area contributed by atoms with Gasteiger partial charge in [0.1, 0.15) is 0 Å². The number of esters is 2. The van der Waals surface area contributed by atoms with E-state index in [-0.39, 0.29) is 17.9 Å². The molecule has 0 bridgehead atoms. The first kappa shape index (κ1) is 25.7. The predicted molar refractivity (Wildman–Crippen MR) is 119 cm³/mol. The summed E-state index contributed by atoms with van der Waals surface area (Å²) in [5.74, 6) is -1.22. The minimum absolute atomic E-state index is 0.219. The Kier molecular flexibility index (Phi) is 15.5. The summed E-state index contributed by atoms with van der Waals surface area (Å²) in [5, 5.41) is 0. The van der Waals surface area contributed by atoms with Gasteiger partial charge < -0.3 is 9.47 Å². The van der Waals surface area contributed by atoms with Crippen molar-refractivity contribution in [3.8, 4) is 0 Å². The second-order valence-corrected chi connectivity index (χ2v) is 8.37. The molecular weight excluding hydrogens is 364 g/mol. The van der Waals surface area contributed by atoms with Crippen molar-refractivity contribution in [1.29, 1.82) is 0 Å². The number of allylic oxidation sites excluding steroid dienone is 2. The summed E-state index contributed by atoms with van der Waals surface area (Å²) < 4.78 is 11.1. The minimum atomic E-state index is -0.397. The van der Waals surface area contributed by atoms with Crippen molar-refractivity contribution in [2.75, 3.05) is 13.2 Å². The lowest BCUT2D eigenvalue weighted by molar-refractivity contribution is -0.161. The first-order valence-corrected chi connectivity index (χ1v) is 12.2. The van der Waals surface area contributed by atoms with E-state index < -0.39 is 5.92 Å². The van der Waals surface area contributed by atoms with Crippen molar-refractivity contribution in [2.24, 2.45) is 11.8 Å². The summed E-state index contributed by atoms with van der Waals surface area (Å²) in [6, 6.07) is 0. The molecule has 0 saturated carbocycles. The number of carbonyl (C=O) groups is 2. The van der Waals surface area contributed by atoms with Gasteiger partial charge in [-0.05, 0) is 32.1 Å². The highest BCUT2D eigenvalue weighted by Gasteiger charge is 2.35. The van der Waals surface area contributed by atoms with Crippen LogP contribution in [-0.2, 0) is 19.1 Å². The van der Waals surface area contributed by atoms with Gasteiger partial charge in [0.05, 0.1) is 25.0 Å². The molecule has 1 aliphatic carbocycles. The number of hydrogen-bond acceptors (Lipinski definition) is 4. The van der Waals surface area contributed by atoms with E-state index in [9.17, 15) is 9.59 Å². The highest BCUT2D eigenvalue weighted by Crippen LogP contribution is 2.28. The van der Waals surface area contributed by atoms with Gasteiger partial charge in [-0.3, -0.25) is 9.59 Å². The number of unbranched alkanes of at least 4 members (excludes halogenated alkanes) is 10. The fraction of sp³-hybridized carbons (Fsp3) is 0.840. The second-order valence-electron chi connectivity index (χ2n) is 8.37. The number of hydrogen-bond donors (Lipinski definition) is 0. The van der Waals surface area contributed by atoms with Crippen molar-refractivity contribution in [2.45, 2.75) is 110 Å². The Bertz CT molecular complexity index is 458. The third-order valence-corrected chi connectivity index (χ3v) is 5.78. The number of ether oxygens (including phenoxy) is 2. The summed E-state index contributed by atoms with van der Waals surface area (Å²) in [4.78, 5) is 25.2. The van der Waals surface area contributed by atoms with Gasteiger partial charge >= 0.3 is 11.9 Å². The van der Waals surface area contributed by atoms with Crippen molar-refractivity contribution in [3.05, 3.63) is 12.2 Å². The molecule has 2 atom stereocenters. The average molecular weight is 409 g/mol. The molecule has 0 aromatic carbocycles. The van der Waals surface area contributed by atoms with Crippen LogP contribution in [-0.4, -0.2) is 25.2 Å². The molecule has 0 aromatic heterocycles. The zero-order valence-corrected chi connectivity index (χ0v) is 19.0. The quantitative estimate of drug-likeness (QED) is 0.161. The maximum absolute atomic E-state index is 12.6. The Morgan fingerprint density at radius 2 is 1.17 bits per heavy atom. The normalized spacial score (nSPS) is 19.0. The summed E-state index contributed by atoms with van der Waals surface area (Å²) >= 11 is 0. The Morgan fingerprint density at radius 1 is 0.690 bits per heavy atom. The Labute approximate surface area is 178 Å². The van der Waals surface area contributed by atoms with Gasteiger partial charge in [0.15, 0.2) is 0 Å². The van der Waals surface area contributed by atoms with Gasteiger partial charge in [0.25, 0.3) is 0 Å². The third kappa shape index (κ3) is 12.1. The maximum Gasteiger partial charge on any atom is 0.310 e. The van der Waals surface area contributed by atoms with Crippen LogP contribution in [0.25, 0.3) is 0 Å². The number of carbonyl (C=O) groups excluding carboxylic acids is 2. The van der Waals surface area contributed by atoms with Crippen LogP contribution >= 0.6 is 0 Å². The molecule has 1 aliphatic rings. The van der Waals surface area contributed by atoms with Crippen LogP contribution in [0.2, 0.25) is 0 Å². The zero-order valence-electron chi connectivity index (χ0n) is 19.0. The topological polar surface area (TPSA) is 52.6 Å². The zero-order chi connectivity index (χ0) is 21.2. The number of rotatable bonds is 16. The van der Waals surface area contributed by atoms with Crippen molar-refractivity contribution in [3.63, 3.8) is 0 Å². The lowest BCUT2D eigenvalue weighted by Gasteiger charge is -2.22. The smallest absolute Gasteiger partial charge is 0.310 e. The van der Waals surface area contributed by atoms with Gasteiger partial charge in [0.2, 0.25) is 0 Å². The maximum atomic E-state index is 12.6. The van der Waals surface area contributed by atoms with E-state index in [0.717, 1.165) is 32.1 Å². The lowest BCUT2D eigenvalue weighted by atomic mass is 9.88. The van der Waals surface area contributed by atoms with Crippen LogP contribution in [0, 0.1) is 11.8 Å². The molecule has 4 nitrogen and oxygen atoms in total. The fourth-order valence-corrected chi connectivity index (χ4v) is 3.87. The van der Waals surface area contributed by atoms with E-state index in [0.29, 0.717) is 26.1 Å². The lowest BCUT2D eigenvalue weighted by Crippen LogP contribution is -2.32. The van der Waals surface area contributed by atoms with Crippen molar-refractivity contribution >= 4 is 11.9 Å². The van der Waals surface area contributed by atoms with Gasteiger partial charge in [-0.1, -0.05) is 90.2 Å².